The molecule has 0 bridgehead atoms. The fourth-order valence-corrected chi connectivity index (χ4v) is 3.55. The van der Waals surface area contributed by atoms with Gasteiger partial charge in [0, 0.05) is 27.7 Å². The Morgan fingerprint density at radius 2 is 2.00 bits per heavy atom. The van der Waals surface area contributed by atoms with Gasteiger partial charge in [-0.25, -0.2) is 5.43 Å². The molecule has 0 fully saturated rings. The number of benzene rings is 2. The van der Waals surface area contributed by atoms with Crippen molar-refractivity contribution in [3.8, 4) is 0 Å². The molecule has 0 spiro atoms. The first-order chi connectivity index (χ1) is 12.6. The molecule has 2 unspecified atom stereocenters. The lowest BCUT2D eigenvalue weighted by molar-refractivity contribution is -0.123. The van der Waals surface area contributed by atoms with Crippen molar-refractivity contribution in [1.29, 1.82) is 0 Å². The second-order valence-corrected chi connectivity index (χ2v) is 6.93. The number of fused-ring (bicyclic) bond motifs is 3. The Kier molecular flexibility index (Phi) is 4.49. The van der Waals surface area contributed by atoms with Crippen molar-refractivity contribution in [3.63, 3.8) is 0 Å². The van der Waals surface area contributed by atoms with Gasteiger partial charge in [-0.05, 0) is 42.7 Å². The highest BCUT2D eigenvalue weighted by molar-refractivity contribution is 6.30. The van der Waals surface area contributed by atoms with Gasteiger partial charge in [0.1, 0.15) is 0 Å². The summed E-state index contributed by atoms with van der Waals surface area (Å²) >= 11 is 5.86. The number of aromatic nitrogens is 1. The zero-order chi connectivity index (χ0) is 18.1. The highest BCUT2D eigenvalue weighted by Crippen LogP contribution is 2.31. The summed E-state index contributed by atoms with van der Waals surface area (Å²) in [6, 6.07) is 15.2. The Hall–Kier alpha value is -2.63. The molecule has 1 amide bonds. The van der Waals surface area contributed by atoms with Gasteiger partial charge in [0.25, 0.3) is 5.91 Å². The Balaban J connectivity index is 1.48. The largest absolute Gasteiger partial charge is 0.357 e. The van der Waals surface area contributed by atoms with Crippen LogP contribution in [0.3, 0.4) is 0 Å². The van der Waals surface area contributed by atoms with Crippen molar-refractivity contribution >= 4 is 34.6 Å². The van der Waals surface area contributed by atoms with Gasteiger partial charge in [-0.15, -0.1) is 0 Å². The Bertz CT molecular complexity index is 977. The zero-order valence-corrected chi connectivity index (χ0v) is 15.0. The van der Waals surface area contributed by atoms with Crippen LogP contribution in [0.5, 0.6) is 0 Å². The summed E-state index contributed by atoms with van der Waals surface area (Å²) in [5.74, 6) is -0.141. The van der Waals surface area contributed by atoms with Gasteiger partial charge in [-0.1, -0.05) is 41.9 Å². The molecule has 0 saturated heterocycles. The maximum absolute atomic E-state index is 12.5. The molecule has 0 radical (unpaired) electrons. The molecule has 0 saturated carbocycles. The smallest absolute Gasteiger partial charge is 0.257 e. The van der Waals surface area contributed by atoms with Crippen LogP contribution in [0.25, 0.3) is 10.9 Å². The van der Waals surface area contributed by atoms with Gasteiger partial charge in [-0.3, -0.25) is 10.1 Å². The maximum Gasteiger partial charge on any atom is 0.257 e. The first-order valence-electron chi connectivity index (χ1n) is 8.56. The number of aromatic amines is 1. The molecular weight excluding hydrogens is 348 g/mol. The van der Waals surface area contributed by atoms with Gasteiger partial charge in [0.15, 0.2) is 0 Å². The molecular formula is C20H19ClN4O. The number of rotatable bonds is 3. The average molecular weight is 367 g/mol. The molecule has 132 valence electrons. The van der Waals surface area contributed by atoms with Crippen molar-refractivity contribution in [1.82, 2.24) is 15.7 Å². The zero-order valence-electron chi connectivity index (χ0n) is 14.3. The molecule has 5 nitrogen and oxygen atoms in total. The summed E-state index contributed by atoms with van der Waals surface area (Å²) in [7, 11) is 0. The van der Waals surface area contributed by atoms with E-state index < -0.39 is 0 Å². The van der Waals surface area contributed by atoms with E-state index >= 15 is 0 Å². The van der Waals surface area contributed by atoms with E-state index in [0.29, 0.717) is 11.4 Å². The average Bonchev–Trinajstić information content (AvgIpc) is 3.03. The molecule has 3 aromatic rings. The summed E-state index contributed by atoms with van der Waals surface area (Å²) in [5, 5.41) is 9.26. The van der Waals surface area contributed by atoms with E-state index in [0.717, 1.165) is 16.8 Å². The van der Waals surface area contributed by atoms with Crippen LogP contribution in [0, 0.1) is 0 Å². The molecule has 2 heterocycles. The van der Waals surface area contributed by atoms with E-state index in [1.54, 1.807) is 18.3 Å². The number of hydrogen-bond donors (Lipinski definition) is 3. The Morgan fingerprint density at radius 3 is 2.81 bits per heavy atom. The van der Waals surface area contributed by atoms with Crippen molar-refractivity contribution in [3.05, 3.63) is 70.4 Å². The van der Waals surface area contributed by atoms with E-state index in [1.807, 2.05) is 24.3 Å². The standard InChI is InChI=1S/C20H19ClN4O/c1-12-19-16(15-4-2-3-5-17(15)24-19)10-18(23-12)20(26)25-22-11-13-6-8-14(21)9-7-13/h2-9,11-12,18,23-24H,10H2,1H3,(H,25,26). The second kappa shape index (κ2) is 6.94. The third-order valence-electron chi connectivity index (χ3n) is 4.71. The maximum atomic E-state index is 12.5. The van der Waals surface area contributed by atoms with Gasteiger partial charge >= 0.3 is 0 Å². The van der Waals surface area contributed by atoms with Crippen LogP contribution in [0.2, 0.25) is 5.02 Å². The topological polar surface area (TPSA) is 69.3 Å². The normalized spacial score (nSPS) is 19.6. The molecule has 1 aliphatic rings. The van der Waals surface area contributed by atoms with E-state index in [1.165, 1.54) is 10.9 Å². The number of nitrogens with zero attached hydrogens (tertiary/aromatic N) is 1. The van der Waals surface area contributed by atoms with Gasteiger partial charge in [-0.2, -0.15) is 5.10 Å². The van der Waals surface area contributed by atoms with Gasteiger partial charge in [0.2, 0.25) is 0 Å². The number of carbonyl (C=O) groups is 1. The number of hydrazone groups is 1. The number of hydrogen-bond acceptors (Lipinski definition) is 3. The summed E-state index contributed by atoms with van der Waals surface area (Å²) in [4.78, 5) is 16.0. The third kappa shape index (κ3) is 3.23. The number of halogens is 1. The fourth-order valence-electron chi connectivity index (χ4n) is 3.42. The van der Waals surface area contributed by atoms with Crippen molar-refractivity contribution in [2.24, 2.45) is 5.10 Å². The Labute approximate surface area is 156 Å². The van der Waals surface area contributed by atoms with E-state index in [9.17, 15) is 4.79 Å². The van der Waals surface area contributed by atoms with Crippen LogP contribution in [0.4, 0.5) is 0 Å². The lowest BCUT2D eigenvalue weighted by atomic mass is 9.94. The van der Waals surface area contributed by atoms with Crippen molar-refractivity contribution in [2.75, 3.05) is 0 Å². The predicted molar refractivity (Wildman–Crippen MR) is 105 cm³/mol. The molecule has 26 heavy (non-hydrogen) atoms. The molecule has 2 aromatic carbocycles. The Morgan fingerprint density at radius 1 is 1.23 bits per heavy atom. The van der Waals surface area contributed by atoms with Crippen LogP contribution in [0.1, 0.15) is 29.8 Å². The number of para-hydroxylation sites is 1. The molecule has 3 N–H and O–H groups in total. The first-order valence-corrected chi connectivity index (χ1v) is 8.93. The molecule has 1 aliphatic heterocycles. The van der Waals surface area contributed by atoms with E-state index in [2.05, 4.69) is 39.9 Å². The lowest BCUT2D eigenvalue weighted by Gasteiger charge is -2.27. The number of H-pyrrole nitrogens is 1. The quantitative estimate of drug-likeness (QED) is 0.490. The summed E-state index contributed by atoms with van der Waals surface area (Å²) in [5.41, 5.74) is 6.97. The molecule has 4 rings (SSSR count). The number of nitrogens with one attached hydrogen (secondary N) is 3. The minimum Gasteiger partial charge on any atom is -0.357 e. The minimum absolute atomic E-state index is 0.0714. The first kappa shape index (κ1) is 16.8. The van der Waals surface area contributed by atoms with Crippen molar-refractivity contribution in [2.45, 2.75) is 25.4 Å². The van der Waals surface area contributed by atoms with E-state index in [-0.39, 0.29) is 18.0 Å². The SMILES string of the molecule is CC1NC(C(=O)NN=Cc2ccc(Cl)cc2)Cc2c1[nH]c1ccccc21. The van der Waals surface area contributed by atoms with Crippen LogP contribution in [-0.2, 0) is 11.2 Å². The fraction of sp³-hybridized carbons (Fsp3) is 0.200. The summed E-state index contributed by atoms with van der Waals surface area (Å²) in [6.45, 7) is 2.06. The van der Waals surface area contributed by atoms with Crippen LogP contribution < -0.4 is 10.7 Å². The lowest BCUT2D eigenvalue weighted by Crippen LogP contribution is -2.47. The van der Waals surface area contributed by atoms with Crippen LogP contribution in [0.15, 0.2) is 53.6 Å². The van der Waals surface area contributed by atoms with Gasteiger partial charge < -0.3 is 4.98 Å². The van der Waals surface area contributed by atoms with Crippen LogP contribution in [-0.4, -0.2) is 23.1 Å². The highest BCUT2D eigenvalue weighted by Gasteiger charge is 2.30. The molecule has 6 heteroatoms. The number of amides is 1. The molecule has 0 aliphatic carbocycles. The minimum atomic E-state index is -0.320. The van der Waals surface area contributed by atoms with Crippen molar-refractivity contribution < 1.29 is 4.79 Å². The summed E-state index contributed by atoms with van der Waals surface area (Å²) < 4.78 is 0. The second-order valence-electron chi connectivity index (χ2n) is 6.49. The van der Waals surface area contributed by atoms with Gasteiger partial charge in [0.05, 0.1) is 12.3 Å². The predicted octanol–water partition coefficient (Wildman–Crippen LogP) is 3.55. The highest BCUT2D eigenvalue weighted by atomic mass is 35.5. The van der Waals surface area contributed by atoms with E-state index in [4.69, 9.17) is 11.6 Å². The third-order valence-corrected chi connectivity index (χ3v) is 4.97. The molecule has 1 aromatic heterocycles. The summed E-state index contributed by atoms with van der Waals surface area (Å²) in [6.07, 6.45) is 2.24. The van der Waals surface area contributed by atoms with Crippen LogP contribution >= 0.6 is 11.6 Å². The monoisotopic (exact) mass is 366 g/mol. The number of carbonyl (C=O) groups excluding carboxylic acids is 1. The molecule has 2 atom stereocenters.